The molecule has 2 nitrogen and oxygen atoms in total. The van der Waals surface area contributed by atoms with Gasteiger partial charge in [-0.3, -0.25) is 4.90 Å². The fourth-order valence-electron chi connectivity index (χ4n) is 3.48. The lowest BCUT2D eigenvalue weighted by molar-refractivity contribution is 0.296. The number of rotatable bonds is 9. The molecule has 0 unspecified atom stereocenters. The fraction of sp³-hybridized carbons (Fsp3) is 0.700. The van der Waals surface area contributed by atoms with Crippen LogP contribution in [0.5, 0.6) is 0 Å². The Morgan fingerprint density at radius 3 is 2.23 bits per heavy atom. The Morgan fingerprint density at radius 1 is 0.955 bits per heavy atom. The Hall–Kier alpha value is -0.860. The van der Waals surface area contributed by atoms with Gasteiger partial charge in [-0.1, -0.05) is 70.2 Å². The summed E-state index contributed by atoms with van der Waals surface area (Å²) in [7, 11) is 0. The quantitative estimate of drug-likeness (QED) is 0.671. The molecule has 0 atom stereocenters. The van der Waals surface area contributed by atoms with Crippen molar-refractivity contribution in [2.45, 2.75) is 65.5 Å². The maximum absolute atomic E-state index is 3.62. The fourth-order valence-corrected chi connectivity index (χ4v) is 3.48. The molecule has 1 aliphatic carbocycles. The Kier molecular flexibility index (Phi) is 7.96. The molecule has 1 N–H and O–H groups in total. The van der Waals surface area contributed by atoms with E-state index in [2.05, 4.69) is 48.3 Å². The van der Waals surface area contributed by atoms with Crippen molar-refractivity contribution in [3.8, 4) is 0 Å². The van der Waals surface area contributed by atoms with Gasteiger partial charge in [-0.25, -0.2) is 0 Å². The Balaban J connectivity index is 1.65. The maximum Gasteiger partial charge on any atom is 0.0233 e. The number of benzene rings is 1. The molecular weight excluding hydrogens is 268 g/mol. The van der Waals surface area contributed by atoms with Crippen molar-refractivity contribution >= 4 is 0 Å². The second kappa shape index (κ2) is 10.0. The molecule has 0 heterocycles. The summed E-state index contributed by atoms with van der Waals surface area (Å²) in [4.78, 5) is 2.46. The highest BCUT2D eigenvalue weighted by Crippen LogP contribution is 2.25. The number of hydrogen-bond donors (Lipinski definition) is 1. The van der Waals surface area contributed by atoms with E-state index >= 15 is 0 Å². The third kappa shape index (κ3) is 6.10. The lowest BCUT2D eigenvalue weighted by Crippen LogP contribution is -2.22. The van der Waals surface area contributed by atoms with Gasteiger partial charge in [-0.2, -0.15) is 0 Å². The Morgan fingerprint density at radius 2 is 1.59 bits per heavy atom. The molecule has 124 valence electrons. The maximum atomic E-state index is 3.62. The number of hydrogen-bond acceptors (Lipinski definition) is 2. The van der Waals surface area contributed by atoms with Crippen LogP contribution in [-0.4, -0.2) is 24.5 Å². The summed E-state index contributed by atoms with van der Waals surface area (Å²) in [6.45, 7) is 9.97. The molecule has 0 radical (unpaired) electrons. The van der Waals surface area contributed by atoms with Gasteiger partial charge in [-0.05, 0) is 43.1 Å². The van der Waals surface area contributed by atoms with Crippen LogP contribution in [0.1, 0.15) is 63.5 Å². The van der Waals surface area contributed by atoms with Gasteiger partial charge in [0, 0.05) is 13.1 Å². The first-order valence-electron chi connectivity index (χ1n) is 9.32. The molecule has 1 fully saturated rings. The van der Waals surface area contributed by atoms with Crippen molar-refractivity contribution in [1.82, 2.24) is 10.2 Å². The molecule has 1 aromatic carbocycles. The van der Waals surface area contributed by atoms with E-state index in [1.54, 1.807) is 0 Å². The zero-order valence-corrected chi connectivity index (χ0v) is 14.6. The zero-order chi connectivity index (χ0) is 15.6. The molecule has 0 aromatic heterocycles. The first kappa shape index (κ1) is 17.5. The van der Waals surface area contributed by atoms with Gasteiger partial charge in [-0.15, -0.1) is 0 Å². The van der Waals surface area contributed by atoms with E-state index in [9.17, 15) is 0 Å². The van der Waals surface area contributed by atoms with Gasteiger partial charge in [0.2, 0.25) is 0 Å². The largest absolute Gasteiger partial charge is 0.313 e. The summed E-state index contributed by atoms with van der Waals surface area (Å²) < 4.78 is 0. The molecule has 1 aliphatic rings. The molecule has 0 amide bonds. The average molecular weight is 303 g/mol. The van der Waals surface area contributed by atoms with E-state index in [0.717, 1.165) is 32.1 Å². The first-order valence-corrected chi connectivity index (χ1v) is 9.32. The van der Waals surface area contributed by atoms with E-state index in [1.165, 1.54) is 56.2 Å². The van der Waals surface area contributed by atoms with Crippen LogP contribution >= 0.6 is 0 Å². The molecule has 22 heavy (non-hydrogen) atoms. The van der Waals surface area contributed by atoms with Crippen molar-refractivity contribution in [3.05, 3.63) is 35.4 Å². The van der Waals surface area contributed by atoms with Gasteiger partial charge in [0.1, 0.15) is 0 Å². The summed E-state index contributed by atoms with van der Waals surface area (Å²) in [6, 6.07) is 9.14. The summed E-state index contributed by atoms with van der Waals surface area (Å²) in [5.74, 6) is 0.984. The topological polar surface area (TPSA) is 15.3 Å². The third-order valence-corrected chi connectivity index (χ3v) is 5.11. The highest BCUT2D eigenvalue weighted by molar-refractivity contribution is 5.22. The molecule has 0 spiro atoms. The Labute approximate surface area is 137 Å². The van der Waals surface area contributed by atoms with E-state index in [0.29, 0.717) is 0 Å². The van der Waals surface area contributed by atoms with Gasteiger partial charge in [0.15, 0.2) is 0 Å². The molecular formula is C20H34N2. The Bertz CT molecular complexity index is 389. The van der Waals surface area contributed by atoms with Gasteiger partial charge in [0.25, 0.3) is 0 Å². The summed E-state index contributed by atoms with van der Waals surface area (Å²) in [6.07, 6.45) is 8.66. The van der Waals surface area contributed by atoms with Crippen LogP contribution in [0.25, 0.3) is 0 Å². The predicted molar refractivity (Wildman–Crippen MR) is 96.0 cm³/mol. The van der Waals surface area contributed by atoms with Crippen LogP contribution in [0.3, 0.4) is 0 Å². The van der Waals surface area contributed by atoms with Crippen molar-refractivity contribution in [3.63, 3.8) is 0 Å². The van der Waals surface area contributed by atoms with Crippen molar-refractivity contribution in [2.24, 2.45) is 5.92 Å². The summed E-state index contributed by atoms with van der Waals surface area (Å²) in [5.41, 5.74) is 2.83. The molecule has 0 saturated heterocycles. The normalized spacial score (nSPS) is 16.3. The van der Waals surface area contributed by atoms with Crippen LogP contribution in [0.2, 0.25) is 0 Å². The summed E-state index contributed by atoms with van der Waals surface area (Å²) in [5, 5.41) is 3.62. The highest BCUT2D eigenvalue weighted by atomic mass is 15.1. The SMILES string of the molecule is CCN(CC)Cc1ccc(CNCCC2CCCCC2)cc1. The van der Waals surface area contributed by atoms with Crippen LogP contribution in [0.4, 0.5) is 0 Å². The van der Waals surface area contributed by atoms with E-state index in [4.69, 9.17) is 0 Å². The minimum atomic E-state index is 0.984. The van der Waals surface area contributed by atoms with Gasteiger partial charge < -0.3 is 5.32 Å². The van der Waals surface area contributed by atoms with Gasteiger partial charge in [0.05, 0.1) is 0 Å². The third-order valence-electron chi connectivity index (χ3n) is 5.11. The van der Waals surface area contributed by atoms with Crippen LogP contribution < -0.4 is 5.32 Å². The van der Waals surface area contributed by atoms with Gasteiger partial charge >= 0.3 is 0 Å². The molecule has 2 heteroatoms. The van der Waals surface area contributed by atoms with Crippen LogP contribution in [-0.2, 0) is 13.1 Å². The predicted octanol–water partition coefficient (Wildman–Crippen LogP) is 4.59. The smallest absolute Gasteiger partial charge is 0.0233 e. The minimum absolute atomic E-state index is 0.984. The minimum Gasteiger partial charge on any atom is -0.313 e. The standard InChI is InChI=1S/C20H34N2/c1-3-22(4-2)17-20-12-10-19(11-13-20)16-21-15-14-18-8-6-5-7-9-18/h10-13,18,21H,3-9,14-17H2,1-2H3. The van der Waals surface area contributed by atoms with Crippen molar-refractivity contribution < 1.29 is 0 Å². The van der Waals surface area contributed by atoms with Crippen molar-refractivity contribution in [1.29, 1.82) is 0 Å². The molecule has 2 rings (SSSR count). The number of nitrogens with zero attached hydrogens (tertiary/aromatic N) is 1. The molecule has 1 saturated carbocycles. The first-order chi connectivity index (χ1) is 10.8. The second-order valence-electron chi connectivity index (χ2n) is 6.75. The van der Waals surface area contributed by atoms with Crippen LogP contribution in [0.15, 0.2) is 24.3 Å². The lowest BCUT2D eigenvalue weighted by atomic mass is 9.87. The molecule has 0 aliphatic heterocycles. The van der Waals surface area contributed by atoms with Crippen molar-refractivity contribution in [2.75, 3.05) is 19.6 Å². The highest BCUT2D eigenvalue weighted by Gasteiger charge is 2.12. The number of nitrogens with one attached hydrogen (secondary N) is 1. The lowest BCUT2D eigenvalue weighted by Gasteiger charge is -2.21. The zero-order valence-electron chi connectivity index (χ0n) is 14.6. The summed E-state index contributed by atoms with van der Waals surface area (Å²) >= 11 is 0. The monoisotopic (exact) mass is 302 g/mol. The van der Waals surface area contributed by atoms with Crippen LogP contribution in [0, 0.1) is 5.92 Å². The van der Waals surface area contributed by atoms with E-state index in [-0.39, 0.29) is 0 Å². The molecule has 1 aromatic rings. The second-order valence-corrected chi connectivity index (χ2v) is 6.75. The van der Waals surface area contributed by atoms with E-state index in [1.807, 2.05) is 0 Å². The molecule has 0 bridgehead atoms. The van der Waals surface area contributed by atoms with E-state index < -0.39 is 0 Å². The average Bonchev–Trinajstić information content (AvgIpc) is 2.58.